The van der Waals surface area contributed by atoms with Crippen molar-refractivity contribution in [1.82, 2.24) is 10.6 Å². The minimum atomic E-state index is -0.603. The molecule has 0 radical (unpaired) electrons. The summed E-state index contributed by atoms with van der Waals surface area (Å²) in [6, 6.07) is 5.18. The van der Waals surface area contributed by atoms with E-state index in [4.69, 9.17) is 26.4 Å². The molecule has 6 nitrogen and oxygen atoms in total. The number of thiocarbonyl (C=S) groups is 1. The Morgan fingerprint density at radius 1 is 1.32 bits per heavy atom. The number of carbonyl (C=O) groups excluding carboxylic acids is 1. The van der Waals surface area contributed by atoms with Crippen LogP contribution in [0.3, 0.4) is 0 Å². The number of ether oxygens (including phenoxy) is 3. The molecule has 2 N–H and O–H groups in total. The molecule has 0 amide bonds. The van der Waals surface area contributed by atoms with Crippen LogP contribution in [-0.4, -0.2) is 31.9 Å². The Balaban J connectivity index is 2.32. The van der Waals surface area contributed by atoms with Crippen LogP contribution in [-0.2, 0) is 9.53 Å². The quantitative estimate of drug-likeness (QED) is 0.438. The van der Waals surface area contributed by atoms with E-state index >= 15 is 0 Å². The van der Waals surface area contributed by atoms with E-state index in [-0.39, 0.29) is 5.97 Å². The fraction of sp³-hybridized carbons (Fsp3) is 0.444. The van der Waals surface area contributed by atoms with Crippen molar-refractivity contribution in [3.63, 3.8) is 0 Å². The molecule has 136 valence electrons. The lowest BCUT2D eigenvalue weighted by molar-refractivity contribution is -0.145. The van der Waals surface area contributed by atoms with Crippen LogP contribution in [0.1, 0.15) is 31.4 Å². The average molecular weight is 364 g/mol. The molecule has 0 aliphatic carbocycles. The number of rotatable bonds is 7. The van der Waals surface area contributed by atoms with Crippen LogP contribution in [0.5, 0.6) is 11.5 Å². The summed E-state index contributed by atoms with van der Waals surface area (Å²) in [6.45, 7) is 6.64. The molecule has 0 unspecified atom stereocenters. The van der Waals surface area contributed by atoms with Gasteiger partial charge in [0.05, 0.1) is 26.9 Å². The summed E-state index contributed by atoms with van der Waals surface area (Å²) in [5, 5.41) is 6.42. The van der Waals surface area contributed by atoms with E-state index in [1.807, 2.05) is 18.2 Å². The Labute approximate surface area is 153 Å². The Hall–Kier alpha value is -2.28. The van der Waals surface area contributed by atoms with Crippen LogP contribution in [0.4, 0.5) is 0 Å². The number of methoxy groups -OCH3 is 2. The first kappa shape index (κ1) is 19.1. The van der Waals surface area contributed by atoms with Crippen LogP contribution < -0.4 is 20.1 Å². The maximum Gasteiger partial charge on any atom is 0.317 e. The SMILES string of the molecule is C=C1NC(=S)N[C@@H](c2ccc(OCCCC)c(OC)c2)[C@@H]1C(=O)OC. The molecule has 1 heterocycles. The van der Waals surface area contributed by atoms with Gasteiger partial charge in [-0.15, -0.1) is 0 Å². The number of unbranched alkanes of at least 4 members (excludes halogenated alkanes) is 1. The zero-order valence-corrected chi connectivity index (χ0v) is 15.6. The van der Waals surface area contributed by atoms with Gasteiger partial charge in [-0.3, -0.25) is 4.79 Å². The van der Waals surface area contributed by atoms with E-state index in [0.29, 0.717) is 28.9 Å². The fourth-order valence-electron chi connectivity index (χ4n) is 2.69. The second kappa shape index (κ2) is 8.71. The lowest BCUT2D eigenvalue weighted by atomic mass is 9.89. The molecular weight excluding hydrogens is 340 g/mol. The van der Waals surface area contributed by atoms with E-state index < -0.39 is 12.0 Å². The van der Waals surface area contributed by atoms with E-state index in [1.54, 1.807) is 7.11 Å². The Morgan fingerprint density at radius 2 is 2.08 bits per heavy atom. The number of nitrogens with one attached hydrogen (secondary N) is 2. The Kier molecular flexibility index (Phi) is 6.64. The van der Waals surface area contributed by atoms with E-state index in [9.17, 15) is 4.79 Å². The third kappa shape index (κ3) is 4.42. The minimum absolute atomic E-state index is 0.389. The number of hydrogen-bond acceptors (Lipinski definition) is 5. The van der Waals surface area contributed by atoms with E-state index in [2.05, 4.69) is 24.1 Å². The summed E-state index contributed by atoms with van der Waals surface area (Å²) in [6.07, 6.45) is 2.03. The molecule has 1 aromatic rings. The predicted molar refractivity (Wildman–Crippen MR) is 99.7 cm³/mol. The van der Waals surface area contributed by atoms with E-state index in [1.165, 1.54) is 7.11 Å². The van der Waals surface area contributed by atoms with Crippen LogP contribution in [0.15, 0.2) is 30.5 Å². The molecule has 1 aromatic carbocycles. The highest BCUT2D eigenvalue weighted by Crippen LogP contribution is 2.35. The summed E-state index contributed by atoms with van der Waals surface area (Å²) < 4.78 is 16.1. The molecule has 1 saturated heterocycles. The second-order valence-electron chi connectivity index (χ2n) is 5.71. The van der Waals surface area contributed by atoms with Crippen molar-refractivity contribution in [3.8, 4) is 11.5 Å². The van der Waals surface area contributed by atoms with Gasteiger partial charge in [0.15, 0.2) is 16.6 Å². The summed E-state index contributed by atoms with van der Waals surface area (Å²) in [4.78, 5) is 12.2. The maximum absolute atomic E-state index is 12.2. The van der Waals surface area contributed by atoms with Gasteiger partial charge in [0.2, 0.25) is 0 Å². The molecule has 25 heavy (non-hydrogen) atoms. The number of hydrogen-bond donors (Lipinski definition) is 2. The Morgan fingerprint density at radius 3 is 2.72 bits per heavy atom. The van der Waals surface area contributed by atoms with Gasteiger partial charge < -0.3 is 24.8 Å². The molecule has 2 rings (SSSR count). The number of esters is 1. The fourth-order valence-corrected chi connectivity index (χ4v) is 2.95. The molecule has 2 atom stereocenters. The third-order valence-electron chi connectivity index (χ3n) is 4.03. The van der Waals surface area contributed by atoms with Crippen molar-refractivity contribution in [1.29, 1.82) is 0 Å². The van der Waals surface area contributed by atoms with Crippen molar-refractivity contribution in [2.24, 2.45) is 5.92 Å². The highest BCUT2D eigenvalue weighted by Gasteiger charge is 2.37. The number of carbonyl (C=O) groups is 1. The van der Waals surface area contributed by atoms with Gasteiger partial charge in [0.25, 0.3) is 0 Å². The lowest BCUT2D eigenvalue weighted by Crippen LogP contribution is -2.50. The second-order valence-corrected chi connectivity index (χ2v) is 6.12. The molecule has 1 aliphatic heterocycles. The number of benzene rings is 1. The minimum Gasteiger partial charge on any atom is -0.493 e. The van der Waals surface area contributed by atoms with Crippen LogP contribution in [0.25, 0.3) is 0 Å². The van der Waals surface area contributed by atoms with Crippen molar-refractivity contribution < 1.29 is 19.0 Å². The summed E-state index contributed by atoms with van der Waals surface area (Å²) >= 11 is 5.20. The first-order chi connectivity index (χ1) is 12.0. The monoisotopic (exact) mass is 364 g/mol. The summed E-state index contributed by atoms with van der Waals surface area (Å²) in [5.41, 5.74) is 1.34. The first-order valence-corrected chi connectivity index (χ1v) is 8.57. The van der Waals surface area contributed by atoms with Gasteiger partial charge in [0, 0.05) is 5.70 Å². The van der Waals surface area contributed by atoms with Gasteiger partial charge in [0.1, 0.15) is 5.92 Å². The summed E-state index contributed by atoms with van der Waals surface area (Å²) in [7, 11) is 2.94. The lowest BCUT2D eigenvalue weighted by Gasteiger charge is -2.34. The van der Waals surface area contributed by atoms with Gasteiger partial charge >= 0.3 is 5.97 Å². The molecule has 0 aromatic heterocycles. The van der Waals surface area contributed by atoms with Crippen molar-refractivity contribution in [2.75, 3.05) is 20.8 Å². The predicted octanol–water partition coefficient (Wildman–Crippen LogP) is 2.70. The largest absolute Gasteiger partial charge is 0.493 e. The third-order valence-corrected chi connectivity index (χ3v) is 4.25. The van der Waals surface area contributed by atoms with Crippen molar-refractivity contribution in [2.45, 2.75) is 25.8 Å². The summed E-state index contributed by atoms with van der Waals surface area (Å²) in [5.74, 6) is 0.284. The molecule has 1 fully saturated rings. The van der Waals surface area contributed by atoms with Gasteiger partial charge in [-0.2, -0.15) is 0 Å². The van der Waals surface area contributed by atoms with Gasteiger partial charge in [-0.05, 0) is 36.3 Å². The zero-order chi connectivity index (χ0) is 18.4. The van der Waals surface area contributed by atoms with Crippen molar-refractivity contribution >= 4 is 23.3 Å². The Bertz CT molecular complexity index is 662. The molecule has 1 aliphatic rings. The maximum atomic E-state index is 12.2. The molecular formula is C18H24N2O4S. The normalized spacial score (nSPS) is 19.6. The topological polar surface area (TPSA) is 68.8 Å². The first-order valence-electron chi connectivity index (χ1n) is 8.16. The van der Waals surface area contributed by atoms with Crippen molar-refractivity contribution in [3.05, 3.63) is 36.0 Å². The molecule has 0 saturated carbocycles. The average Bonchev–Trinajstić information content (AvgIpc) is 2.60. The van der Waals surface area contributed by atoms with E-state index in [0.717, 1.165) is 18.4 Å². The van der Waals surface area contributed by atoms with Crippen LogP contribution >= 0.6 is 12.2 Å². The molecule has 0 spiro atoms. The zero-order valence-electron chi connectivity index (χ0n) is 14.8. The van der Waals surface area contributed by atoms with Gasteiger partial charge in [-0.25, -0.2) is 0 Å². The smallest absolute Gasteiger partial charge is 0.317 e. The van der Waals surface area contributed by atoms with Gasteiger partial charge in [-0.1, -0.05) is 26.0 Å². The highest BCUT2D eigenvalue weighted by atomic mass is 32.1. The highest BCUT2D eigenvalue weighted by molar-refractivity contribution is 7.80. The van der Waals surface area contributed by atoms with Crippen LogP contribution in [0, 0.1) is 5.92 Å². The molecule has 0 bridgehead atoms. The standard InChI is InChI=1S/C18H24N2O4S/c1-5-6-9-24-13-8-7-12(10-14(13)22-3)16-15(17(21)23-4)11(2)19-18(25)20-16/h7-8,10,15-16H,2,5-6,9H2,1,3-4H3,(H2,19,20,25)/t15-,16+/m1/s1. The molecule has 7 heteroatoms. The van der Waals surface area contributed by atoms with Crippen LogP contribution in [0.2, 0.25) is 0 Å².